The Morgan fingerprint density at radius 2 is 2.00 bits per heavy atom. The van der Waals surface area contributed by atoms with Crippen molar-refractivity contribution in [2.24, 2.45) is 11.1 Å². The molecule has 3 nitrogen and oxygen atoms in total. The van der Waals surface area contributed by atoms with Gasteiger partial charge in [0.2, 0.25) is 5.91 Å². The third-order valence-electron chi connectivity index (χ3n) is 3.54. The van der Waals surface area contributed by atoms with E-state index in [0.29, 0.717) is 24.3 Å². The first kappa shape index (κ1) is 13.5. The molecule has 0 atom stereocenters. The summed E-state index contributed by atoms with van der Waals surface area (Å²) >= 11 is 0. The molecule has 1 amide bonds. The van der Waals surface area contributed by atoms with Gasteiger partial charge in [-0.15, -0.1) is 0 Å². The van der Waals surface area contributed by atoms with Gasteiger partial charge < -0.3 is 10.6 Å². The lowest BCUT2D eigenvalue weighted by Crippen LogP contribution is -2.32. The van der Waals surface area contributed by atoms with E-state index in [2.05, 4.69) is 13.8 Å². The van der Waals surface area contributed by atoms with Crippen molar-refractivity contribution < 1.29 is 4.79 Å². The number of carbonyl (C=O) groups excluding carboxylic acids is 1. The van der Waals surface area contributed by atoms with Gasteiger partial charge in [0.15, 0.2) is 0 Å². The minimum absolute atomic E-state index is 0.325. The third kappa shape index (κ3) is 4.52. The summed E-state index contributed by atoms with van der Waals surface area (Å²) in [7, 11) is 0. The SMILES string of the molecule is CC1(C)CCCN(C(=O)CCCCN)CC1. The molecule has 0 aromatic heterocycles. The summed E-state index contributed by atoms with van der Waals surface area (Å²) in [4.78, 5) is 14.0. The van der Waals surface area contributed by atoms with Crippen LogP contribution in [0.4, 0.5) is 0 Å². The highest BCUT2D eigenvalue weighted by Gasteiger charge is 2.24. The molecular formula is C13H26N2O. The fourth-order valence-corrected chi connectivity index (χ4v) is 2.25. The number of nitrogens with two attached hydrogens (primary N) is 1. The van der Waals surface area contributed by atoms with Crippen molar-refractivity contribution >= 4 is 5.91 Å². The van der Waals surface area contributed by atoms with Crippen LogP contribution in [0.15, 0.2) is 0 Å². The fraction of sp³-hybridized carbons (Fsp3) is 0.923. The minimum Gasteiger partial charge on any atom is -0.343 e. The van der Waals surface area contributed by atoms with E-state index >= 15 is 0 Å². The van der Waals surface area contributed by atoms with Gasteiger partial charge in [-0.1, -0.05) is 13.8 Å². The van der Waals surface area contributed by atoms with Crippen LogP contribution in [0.2, 0.25) is 0 Å². The van der Waals surface area contributed by atoms with Crippen molar-refractivity contribution in [2.45, 2.75) is 52.4 Å². The first-order valence-electron chi connectivity index (χ1n) is 6.53. The zero-order chi connectivity index (χ0) is 12.0. The second-order valence-electron chi connectivity index (χ2n) is 5.64. The molecule has 0 radical (unpaired) electrons. The third-order valence-corrected chi connectivity index (χ3v) is 3.54. The molecule has 1 aliphatic rings. The van der Waals surface area contributed by atoms with Crippen molar-refractivity contribution in [3.8, 4) is 0 Å². The highest BCUT2D eigenvalue weighted by Crippen LogP contribution is 2.29. The first-order valence-corrected chi connectivity index (χ1v) is 6.53. The molecular weight excluding hydrogens is 200 g/mol. The van der Waals surface area contributed by atoms with Crippen molar-refractivity contribution in [3.05, 3.63) is 0 Å². The Balaban J connectivity index is 2.33. The molecule has 1 saturated heterocycles. The molecule has 16 heavy (non-hydrogen) atoms. The van der Waals surface area contributed by atoms with E-state index < -0.39 is 0 Å². The molecule has 3 heteroatoms. The number of amides is 1. The van der Waals surface area contributed by atoms with Crippen LogP contribution < -0.4 is 5.73 Å². The molecule has 0 unspecified atom stereocenters. The molecule has 2 N–H and O–H groups in total. The number of hydrogen-bond acceptors (Lipinski definition) is 2. The molecule has 1 heterocycles. The van der Waals surface area contributed by atoms with Crippen LogP contribution in [-0.2, 0) is 4.79 Å². The standard InChI is InChI=1S/C13H26N2O/c1-13(2)7-5-10-15(11-8-13)12(16)6-3-4-9-14/h3-11,14H2,1-2H3. The Morgan fingerprint density at radius 1 is 1.25 bits per heavy atom. The van der Waals surface area contributed by atoms with Crippen LogP contribution >= 0.6 is 0 Å². The van der Waals surface area contributed by atoms with Gasteiger partial charge >= 0.3 is 0 Å². The van der Waals surface area contributed by atoms with Crippen LogP contribution in [0.5, 0.6) is 0 Å². The van der Waals surface area contributed by atoms with Gasteiger partial charge in [0, 0.05) is 19.5 Å². The smallest absolute Gasteiger partial charge is 0.222 e. The van der Waals surface area contributed by atoms with Gasteiger partial charge in [0.1, 0.15) is 0 Å². The second kappa shape index (κ2) is 6.24. The highest BCUT2D eigenvalue weighted by atomic mass is 16.2. The van der Waals surface area contributed by atoms with Gasteiger partial charge in [-0.3, -0.25) is 4.79 Å². The normalized spacial score (nSPS) is 20.6. The maximum absolute atomic E-state index is 11.9. The average Bonchev–Trinajstić information content (AvgIpc) is 2.39. The van der Waals surface area contributed by atoms with Crippen LogP contribution in [0, 0.1) is 5.41 Å². The van der Waals surface area contributed by atoms with Gasteiger partial charge in [-0.05, 0) is 44.1 Å². The average molecular weight is 226 g/mol. The number of likely N-dealkylation sites (tertiary alicyclic amines) is 1. The van der Waals surface area contributed by atoms with E-state index in [1.807, 2.05) is 4.90 Å². The van der Waals surface area contributed by atoms with Crippen molar-refractivity contribution in [1.29, 1.82) is 0 Å². The highest BCUT2D eigenvalue weighted by molar-refractivity contribution is 5.76. The van der Waals surface area contributed by atoms with Crippen molar-refractivity contribution in [2.75, 3.05) is 19.6 Å². The topological polar surface area (TPSA) is 46.3 Å². The van der Waals surface area contributed by atoms with Crippen LogP contribution in [-0.4, -0.2) is 30.4 Å². The summed E-state index contributed by atoms with van der Waals surface area (Å²) in [6, 6.07) is 0. The number of carbonyl (C=O) groups is 1. The van der Waals surface area contributed by atoms with Crippen LogP contribution in [0.3, 0.4) is 0 Å². The zero-order valence-electron chi connectivity index (χ0n) is 10.8. The molecule has 94 valence electrons. The van der Waals surface area contributed by atoms with Gasteiger partial charge in [0.05, 0.1) is 0 Å². The lowest BCUT2D eigenvalue weighted by molar-refractivity contribution is -0.131. The zero-order valence-corrected chi connectivity index (χ0v) is 10.8. The van der Waals surface area contributed by atoms with E-state index in [9.17, 15) is 4.79 Å². The minimum atomic E-state index is 0.325. The van der Waals surface area contributed by atoms with E-state index in [1.165, 1.54) is 6.42 Å². The molecule has 0 bridgehead atoms. The molecule has 0 aromatic rings. The molecule has 0 saturated carbocycles. The van der Waals surface area contributed by atoms with Crippen LogP contribution in [0.1, 0.15) is 52.4 Å². The monoisotopic (exact) mass is 226 g/mol. The van der Waals surface area contributed by atoms with Gasteiger partial charge in [-0.25, -0.2) is 0 Å². The number of rotatable bonds is 4. The lowest BCUT2D eigenvalue weighted by Gasteiger charge is -2.23. The Labute approximate surface area is 99.4 Å². The molecule has 0 aliphatic carbocycles. The summed E-state index contributed by atoms with van der Waals surface area (Å²) < 4.78 is 0. The summed E-state index contributed by atoms with van der Waals surface area (Å²) in [5.41, 5.74) is 5.84. The van der Waals surface area contributed by atoms with Crippen molar-refractivity contribution in [3.63, 3.8) is 0 Å². The summed E-state index contributed by atoms with van der Waals surface area (Å²) in [6.45, 7) is 7.18. The number of nitrogens with zero attached hydrogens (tertiary/aromatic N) is 1. The number of unbranched alkanes of at least 4 members (excludes halogenated alkanes) is 1. The second-order valence-corrected chi connectivity index (χ2v) is 5.64. The van der Waals surface area contributed by atoms with Gasteiger partial charge in [-0.2, -0.15) is 0 Å². The van der Waals surface area contributed by atoms with E-state index in [1.54, 1.807) is 0 Å². The number of hydrogen-bond donors (Lipinski definition) is 1. The van der Waals surface area contributed by atoms with Gasteiger partial charge in [0.25, 0.3) is 0 Å². The lowest BCUT2D eigenvalue weighted by atomic mass is 9.85. The Kier molecular flexibility index (Phi) is 5.26. The Hall–Kier alpha value is -0.570. The predicted molar refractivity (Wildman–Crippen MR) is 67.1 cm³/mol. The summed E-state index contributed by atoms with van der Waals surface area (Å²) in [6.07, 6.45) is 6.10. The Bertz CT molecular complexity index is 226. The molecule has 0 aromatic carbocycles. The Morgan fingerprint density at radius 3 is 2.69 bits per heavy atom. The summed E-state index contributed by atoms with van der Waals surface area (Å²) in [5.74, 6) is 0.325. The largest absolute Gasteiger partial charge is 0.343 e. The fourth-order valence-electron chi connectivity index (χ4n) is 2.25. The quantitative estimate of drug-likeness (QED) is 0.747. The molecule has 1 fully saturated rings. The van der Waals surface area contributed by atoms with Crippen LogP contribution in [0.25, 0.3) is 0 Å². The first-order chi connectivity index (χ1) is 7.55. The maximum atomic E-state index is 11.9. The molecule has 1 aliphatic heterocycles. The predicted octanol–water partition coefficient (Wildman–Crippen LogP) is 2.15. The molecule has 1 rings (SSSR count). The summed E-state index contributed by atoms with van der Waals surface area (Å²) in [5, 5.41) is 0. The van der Waals surface area contributed by atoms with Crippen molar-refractivity contribution in [1.82, 2.24) is 4.90 Å². The molecule has 0 spiro atoms. The van der Waals surface area contributed by atoms with E-state index in [0.717, 1.165) is 38.8 Å². The maximum Gasteiger partial charge on any atom is 0.222 e. The van der Waals surface area contributed by atoms with E-state index in [4.69, 9.17) is 5.73 Å². The van der Waals surface area contributed by atoms with E-state index in [-0.39, 0.29) is 0 Å².